The number of nitrogens with one attached hydrogen (secondary N) is 1. The van der Waals surface area contributed by atoms with E-state index >= 15 is 0 Å². The van der Waals surface area contributed by atoms with Crippen LogP contribution in [0.25, 0.3) is 5.69 Å². The molecular formula is C19H17N3O4. The molecule has 1 aromatic heterocycles. The highest BCUT2D eigenvalue weighted by Crippen LogP contribution is 2.17. The average molecular weight is 351 g/mol. The maximum atomic E-state index is 12.1. The first-order valence-corrected chi connectivity index (χ1v) is 7.91. The number of hydrogen-bond donors (Lipinski definition) is 2. The molecule has 2 aromatic carbocycles. The quantitative estimate of drug-likeness (QED) is 0.689. The molecule has 3 aromatic rings. The normalized spacial score (nSPS) is 10.3. The van der Waals surface area contributed by atoms with Gasteiger partial charge in [-0.05, 0) is 43.3 Å². The molecular weight excluding hydrogens is 334 g/mol. The summed E-state index contributed by atoms with van der Waals surface area (Å²) in [6, 6.07) is 16.7. The minimum atomic E-state index is -0.645. The van der Waals surface area contributed by atoms with Gasteiger partial charge in [-0.2, -0.15) is 5.10 Å². The Kier molecular flexibility index (Phi) is 4.98. The second-order valence-corrected chi connectivity index (χ2v) is 5.59. The summed E-state index contributed by atoms with van der Waals surface area (Å²) in [6.45, 7) is 1.39. The molecule has 0 saturated heterocycles. The average Bonchev–Trinajstić information content (AvgIpc) is 3.01. The second-order valence-electron chi connectivity index (χ2n) is 5.59. The first-order chi connectivity index (χ1) is 12.5. The fourth-order valence-electron chi connectivity index (χ4n) is 2.35. The number of aromatic nitrogens is 2. The van der Waals surface area contributed by atoms with E-state index in [0.717, 1.165) is 11.4 Å². The molecule has 132 valence electrons. The number of amides is 1. The van der Waals surface area contributed by atoms with E-state index < -0.39 is 18.5 Å². The zero-order chi connectivity index (χ0) is 18.5. The van der Waals surface area contributed by atoms with Gasteiger partial charge in [-0.15, -0.1) is 0 Å². The Morgan fingerprint density at radius 2 is 1.81 bits per heavy atom. The van der Waals surface area contributed by atoms with Crippen LogP contribution in [0, 0.1) is 6.92 Å². The van der Waals surface area contributed by atoms with E-state index in [1.807, 2.05) is 37.3 Å². The van der Waals surface area contributed by atoms with E-state index in [9.17, 15) is 14.7 Å². The summed E-state index contributed by atoms with van der Waals surface area (Å²) in [6.07, 6.45) is 0. The zero-order valence-corrected chi connectivity index (χ0v) is 14.0. The first-order valence-electron chi connectivity index (χ1n) is 7.91. The molecule has 0 bridgehead atoms. The van der Waals surface area contributed by atoms with Crippen molar-refractivity contribution in [1.82, 2.24) is 9.78 Å². The number of aromatic hydroxyl groups is 1. The molecule has 0 aliphatic rings. The van der Waals surface area contributed by atoms with Crippen molar-refractivity contribution in [2.24, 2.45) is 0 Å². The Morgan fingerprint density at radius 1 is 1.12 bits per heavy atom. The lowest BCUT2D eigenvalue weighted by molar-refractivity contribution is -0.119. The Bertz CT molecular complexity index is 918. The third kappa shape index (κ3) is 4.07. The van der Waals surface area contributed by atoms with Gasteiger partial charge in [0.05, 0.1) is 16.9 Å². The first kappa shape index (κ1) is 17.2. The number of rotatable bonds is 5. The number of aryl methyl sites for hydroxylation is 1. The number of benzene rings is 2. The fraction of sp³-hybridized carbons (Fsp3) is 0.105. The molecule has 3 rings (SSSR count). The van der Waals surface area contributed by atoms with Crippen molar-refractivity contribution in [3.8, 4) is 11.4 Å². The summed E-state index contributed by atoms with van der Waals surface area (Å²) in [5, 5.41) is 16.3. The van der Waals surface area contributed by atoms with Gasteiger partial charge in [0.25, 0.3) is 5.91 Å². The molecule has 1 amide bonds. The second kappa shape index (κ2) is 7.52. The van der Waals surface area contributed by atoms with Crippen LogP contribution >= 0.6 is 0 Å². The molecule has 2 N–H and O–H groups in total. The maximum absolute atomic E-state index is 12.1. The lowest BCUT2D eigenvalue weighted by Gasteiger charge is -2.09. The Labute approximate surface area is 149 Å². The molecule has 0 fully saturated rings. The minimum absolute atomic E-state index is 0.0452. The van der Waals surface area contributed by atoms with E-state index in [1.54, 1.807) is 10.7 Å². The minimum Gasteiger partial charge on any atom is -0.508 e. The van der Waals surface area contributed by atoms with E-state index in [1.165, 1.54) is 24.3 Å². The molecule has 26 heavy (non-hydrogen) atoms. The number of carbonyl (C=O) groups is 2. The summed E-state index contributed by atoms with van der Waals surface area (Å²) < 4.78 is 6.60. The van der Waals surface area contributed by atoms with Gasteiger partial charge in [-0.1, -0.05) is 18.2 Å². The third-order valence-electron chi connectivity index (χ3n) is 3.54. The Morgan fingerprint density at radius 3 is 2.50 bits per heavy atom. The number of para-hydroxylation sites is 1. The van der Waals surface area contributed by atoms with E-state index in [4.69, 9.17) is 4.74 Å². The SMILES string of the molecule is Cc1cc(NC(=O)COC(=O)c2ccc(O)cc2)n(-c2ccccc2)n1. The van der Waals surface area contributed by atoms with Gasteiger partial charge in [0.15, 0.2) is 6.61 Å². The van der Waals surface area contributed by atoms with Crippen LogP contribution in [0.1, 0.15) is 16.1 Å². The van der Waals surface area contributed by atoms with Crippen LogP contribution in [0.15, 0.2) is 60.7 Å². The number of esters is 1. The molecule has 7 heteroatoms. The lowest BCUT2D eigenvalue weighted by Crippen LogP contribution is -2.22. The van der Waals surface area contributed by atoms with Crippen molar-refractivity contribution >= 4 is 17.7 Å². The number of phenols is 1. The molecule has 7 nitrogen and oxygen atoms in total. The third-order valence-corrected chi connectivity index (χ3v) is 3.54. The molecule has 0 atom stereocenters. The predicted molar refractivity (Wildman–Crippen MR) is 95.3 cm³/mol. The van der Waals surface area contributed by atoms with Gasteiger partial charge in [-0.3, -0.25) is 4.79 Å². The summed E-state index contributed by atoms with van der Waals surface area (Å²) in [7, 11) is 0. The molecule has 0 aliphatic heterocycles. The summed E-state index contributed by atoms with van der Waals surface area (Å²) >= 11 is 0. The lowest BCUT2D eigenvalue weighted by atomic mass is 10.2. The van der Waals surface area contributed by atoms with E-state index in [-0.39, 0.29) is 11.3 Å². The van der Waals surface area contributed by atoms with Gasteiger partial charge in [0.2, 0.25) is 0 Å². The molecule has 0 spiro atoms. The number of ether oxygens (including phenoxy) is 1. The van der Waals surface area contributed by atoms with Crippen molar-refractivity contribution in [1.29, 1.82) is 0 Å². The predicted octanol–water partition coefficient (Wildman–Crippen LogP) is 2.68. The molecule has 0 radical (unpaired) electrons. The number of hydrogen-bond acceptors (Lipinski definition) is 5. The number of nitrogens with zero attached hydrogens (tertiary/aromatic N) is 2. The molecule has 0 unspecified atom stereocenters. The standard InChI is InChI=1S/C19H17N3O4/c1-13-11-17(22(21-13)15-5-3-2-4-6-15)20-18(24)12-26-19(25)14-7-9-16(23)10-8-14/h2-11,23H,12H2,1H3,(H,20,24). The van der Waals surface area contributed by atoms with Gasteiger partial charge >= 0.3 is 5.97 Å². The number of anilines is 1. The fourth-order valence-corrected chi connectivity index (χ4v) is 2.35. The highest BCUT2D eigenvalue weighted by Gasteiger charge is 2.13. The van der Waals surface area contributed by atoms with Crippen molar-refractivity contribution < 1.29 is 19.4 Å². The number of carbonyl (C=O) groups excluding carboxylic acids is 2. The van der Waals surface area contributed by atoms with Crippen LogP contribution in [-0.2, 0) is 9.53 Å². The summed E-state index contributed by atoms with van der Waals surface area (Å²) in [4.78, 5) is 24.0. The highest BCUT2D eigenvalue weighted by molar-refractivity contribution is 5.95. The zero-order valence-electron chi connectivity index (χ0n) is 14.0. The van der Waals surface area contributed by atoms with Crippen molar-refractivity contribution in [3.05, 3.63) is 71.9 Å². The van der Waals surface area contributed by atoms with Crippen molar-refractivity contribution in [3.63, 3.8) is 0 Å². The van der Waals surface area contributed by atoms with E-state index in [2.05, 4.69) is 10.4 Å². The van der Waals surface area contributed by atoms with Gasteiger partial charge in [-0.25, -0.2) is 9.48 Å². The molecule has 0 saturated carbocycles. The summed E-state index contributed by atoms with van der Waals surface area (Å²) in [5.41, 5.74) is 1.79. The van der Waals surface area contributed by atoms with Gasteiger partial charge in [0.1, 0.15) is 11.6 Å². The Hall–Kier alpha value is -3.61. The van der Waals surface area contributed by atoms with Crippen LogP contribution < -0.4 is 5.32 Å². The molecule has 1 heterocycles. The maximum Gasteiger partial charge on any atom is 0.338 e. The van der Waals surface area contributed by atoms with Gasteiger partial charge in [0, 0.05) is 6.07 Å². The van der Waals surface area contributed by atoms with Crippen LogP contribution in [0.2, 0.25) is 0 Å². The molecule has 0 aliphatic carbocycles. The smallest absolute Gasteiger partial charge is 0.338 e. The largest absolute Gasteiger partial charge is 0.508 e. The van der Waals surface area contributed by atoms with Crippen molar-refractivity contribution in [2.45, 2.75) is 6.92 Å². The van der Waals surface area contributed by atoms with Crippen LogP contribution in [0.3, 0.4) is 0 Å². The monoisotopic (exact) mass is 351 g/mol. The Balaban J connectivity index is 1.64. The van der Waals surface area contributed by atoms with Crippen LogP contribution in [0.5, 0.6) is 5.75 Å². The van der Waals surface area contributed by atoms with Crippen molar-refractivity contribution in [2.75, 3.05) is 11.9 Å². The highest BCUT2D eigenvalue weighted by atomic mass is 16.5. The summed E-state index contributed by atoms with van der Waals surface area (Å²) in [5.74, 6) is -0.592. The van der Waals surface area contributed by atoms with E-state index in [0.29, 0.717) is 5.82 Å². The topological polar surface area (TPSA) is 93.5 Å². The van der Waals surface area contributed by atoms with Crippen LogP contribution in [-0.4, -0.2) is 33.4 Å². The van der Waals surface area contributed by atoms with Crippen LogP contribution in [0.4, 0.5) is 5.82 Å². The number of phenolic OH excluding ortho intramolecular Hbond substituents is 1. The van der Waals surface area contributed by atoms with Gasteiger partial charge < -0.3 is 15.2 Å².